The van der Waals surface area contributed by atoms with Gasteiger partial charge in [-0.15, -0.1) is 0 Å². The van der Waals surface area contributed by atoms with Crippen molar-refractivity contribution in [1.29, 1.82) is 0 Å². The number of carbonyl (C=O) groups is 1. The smallest absolute Gasteiger partial charge is 0.224 e. The number of hydrogen-bond acceptors (Lipinski definition) is 3. The molecule has 0 radical (unpaired) electrons. The number of pyridine rings is 1. The van der Waals surface area contributed by atoms with Crippen molar-refractivity contribution in [3.05, 3.63) is 48.3 Å². The van der Waals surface area contributed by atoms with E-state index in [2.05, 4.69) is 6.92 Å². The molecule has 0 aliphatic rings. The zero-order chi connectivity index (χ0) is 26.7. The highest BCUT2D eigenvalue weighted by Crippen LogP contribution is 2.32. The highest BCUT2D eigenvalue weighted by atomic mass is 16.5. The third-order valence-corrected chi connectivity index (χ3v) is 6.94. The summed E-state index contributed by atoms with van der Waals surface area (Å²) < 4.78 is 13.6. The minimum absolute atomic E-state index is 0.00960. The van der Waals surface area contributed by atoms with E-state index in [9.17, 15) is 4.79 Å². The summed E-state index contributed by atoms with van der Waals surface area (Å²) in [6.45, 7) is 5.06. The molecule has 5 heteroatoms. The number of rotatable bonds is 20. The number of ether oxygens (including phenoxy) is 2. The fourth-order valence-corrected chi connectivity index (χ4v) is 4.73. The van der Waals surface area contributed by atoms with Crippen molar-refractivity contribution < 1.29 is 18.8 Å². The van der Waals surface area contributed by atoms with Gasteiger partial charge >= 0.3 is 0 Å². The molecule has 2 rings (SSSR count). The lowest BCUT2D eigenvalue weighted by molar-refractivity contribution is -0.671. The molecule has 1 amide bonds. The highest BCUT2D eigenvalue weighted by molar-refractivity contribution is 5.91. The second-order valence-electron chi connectivity index (χ2n) is 10.3. The monoisotopic (exact) mass is 511 g/mol. The maximum atomic E-state index is 12.4. The quantitative estimate of drug-likeness (QED) is 0.134. The topological polar surface area (TPSA) is 42.7 Å². The van der Waals surface area contributed by atoms with Gasteiger partial charge in [-0.1, -0.05) is 90.4 Å². The number of carbonyl (C=O) groups excluding carboxylic acids is 1. The van der Waals surface area contributed by atoms with E-state index in [1.165, 1.54) is 83.5 Å². The van der Waals surface area contributed by atoms with E-state index >= 15 is 0 Å². The van der Waals surface area contributed by atoms with Crippen LogP contribution in [0.4, 0.5) is 5.69 Å². The number of benzene rings is 1. The molecule has 0 fully saturated rings. The van der Waals surface area contributed by atoms with Gasteiger partial charge in [0.15, 0.2) is 23.9 Å². The van der Waals surface area contributed by atoms with E-state index in [-0.39, 0.29) is 5.91 Å². The van der Waals surface area contributed by atoms with Gasteiger partial charge in [-0.3, -0.25) is 4.79 Å². The molecule has 37 heavy (non-hydrogen) atoms. The molecule has 1 aromatic heterocycles. The summed E-state index contributed by atoms with van der Waals surface area (Å²) in [4.78, 5) is 14.2. The van der Waals surface area contributed by atoms with Crippen molar-refractivity contribution >= 4 is 11.6 Å². The van der Waals surface area contributed by atoms with Crippen LogP contribution in [0.3, 0.4) is 0 Å². The maximum absolute atomic E-state index is 12.4. The van der Waals surface area contributed by atoms with Gasteiger partial charge in [0.05, 0.1) is 20.3 Å². The van der Waals surface area contributed by atoms with Gasteiger partial charge in [-0.2, -0.15) is 0 Å². The van der Waals surface area contributed by atoms with Gasteiger partial charge in [0.1, 0.15) is 7.05 Å². The van der Waals surface area contributed by atoms with Crippen LogP contribution in [0.2, 0.25) is 0 Å². The predicted octanol–water partition coefficient (Wildman–Crippen LogP) is 7.93. The minimum Gasteiger partial charge on any atom is -0.493 e. The van der Waals surface area contributed by atoms with Crippen molar-refractivity contribution in [2.45, 2.75) is 110 Å². The second kappa shape index (κ2) is 18.6. The molecular weight excluding hydrogens is 460 g/mol. The third-order valence-electron chi connectivity index (χ3n) is 6.94. The number of anilines is 1. The summed E-state index contributed by atoms with van der Waals surface area (Å²) in [5.41, 5.74) is 1.87. The number of methoxy groups -OCH3 is 1. The van der Waals surface area contributed by atoms with E-state index in [0.29, 0.717) is 18.9 Å². The zero-order valence-corrected chi connectivity index (χ0v) is 24.0. The normalized spacial score (nSPS) is 10.9. The highest BCUT2D eigenvalue weighted by Gasteiger charge is 2.16. The van der Waals surface area contributed by atoms with Crippen LogP contribution in [0.5, 0.6) is 11.5 Å². The first-order valence-corrected chi connectivity index (χ1v) is 14.6. The first-order chi connectivity index (χ1) is 18.0. The first-order valence-electron chi connectivity index (χ1n) is 14.6. The SMILES string of the molecule is CCCCCCCCCCCCCCCCOc1ccc(N(Cc2ccc[n+](C)c2)C(C)=O)cc1OC. The molecule has 0 N–H and O–H groups in total. The third kappa shape index (κ3) is 12.5. The lowest BCUT2D eigenvalue weighted by Gasteiger charge is -2.22. The Morgan fingerprint density at radius 2 is 1.43 bits per heavy atom. The number of aromatic nitrogens is 1. The Morgan fingerprint density at radius 1 is 0.838 bits per heavy atom. The predicted molar refractivity (Wildman–Crippen MR) is 153 cm³/mol. The van der Waals surface area contributed by atoms with Crippen LogP contribution in [0, 0.1) is 0 Å². The van der Waals surface area contributed by atoms with Crippen LogP contribution in [-0.2, 0) is 18.4 Å². The van der Waals surface area contributed by atoms with E-state index < -0.39 is 0 Å². The van der Waals surface area contributed by atoms with Crippen molar-refractivity contribution in [2.75, 3.05) is 18.6 Å². The lowest BCUT2D eigenvalue weighted by atomic mass is 10.0. The Morgan fingerprint density at radius 3 is 1.97 bits per heavy atom. The molecule has 206 valence electrons. The number of amides is 1. The molecule has 0 saturated heterocycles. The van der Waals surface area contributed by atoms with Gasteiger partial charge in [0, 0.05) is 30.3 Å². The van der Waals surface area contributed by atoms with Crippen LogP contribution >= 0.6 is 0 Å². The average molecular weight is 512 g/mol. The largest absolute Gasteiger partial charge is 0.493 e. The Kier molecular flexibility index (Phi) is 15.5. The van der Waals surface area contributed by atoms with Crippen molar-refractivity contribution in [1.82, 2.24) is 0 Å². The number of nitrogens with zero attached hydrogens (tertiary/aromatic N) is 2. The van der Waals surface area contributed by atoms with Crippen molar-refractivity contribution in [2.24, 2.45) is 7.05 Å². The van der Waals surface area contributed by atoms with Gasteiger partial charge in [0.2, 0.25) is 5.91 Å². The summed E-state index contributed by atoms with van der Waals surface area (Å²) >= 11 is 0. The molecular formula is C32H51N2O3+. The molecule has 1 aromatic carbocycles. The lowest BCUT2D eigenvalue weighted by Crippen LogP contribution is -2.31. The Hall–Kier alpha value is -2.56. The average Bonchev–Trinajstić information content (AvgIpc) is 2.89. The van der Waals surface area contributed by atoms with E-state index in [0.717, 1.165) is 23.4 Å². The number of unbranched alkanes of at least 4 members (excludes halogenated alkanes) is 13. The summed E-state index contributed by atoms with van der Waals surface area (Å²) in [7, 11) is 3.63. The molecule has 0 atom stereocenters. The second-order valence-corrected chi connectivity index (χ2v) is 10.3. The Balaban J connectivity index is 1.65. The Labute approximate surface area is 226 Å². The van der Waals surface area contributed by atoms with Gasteiger partial charge in [-0.05, 0) is 24.6 Å². The van der Waals surface area contributed by atoms with Crippen molar-refractivity contribution in [3.63, 3.8) is 0 Å². The summed E-state index contributed by atoms with van der Waals surface area (Å²) in [6.07, 6.45) is 22.9. The van der Waals surface area contributed by atoms with Crippen molar-refractivity contribution in [3.8, 4) is 11.5 Å². The van der Waals surface area contributed by atoms with E-state index in [1.54, 1.807) is 18.9 Å². The Bertz CT molecular complexity index is 899. The van der Waals surface area contributed by atoms with E-state index in [1.807, 2.05) is 54.3 Å². The fourth-order valence-electron chi connectivity index (χ4n) is 4.73. The van der Waals surface area contributed by atoms with Crippen LogP contribution < -0.4 is 18.9 Å². The van der Waals surface area contributed by atoms with Crippen LogP contribution in [0.25, 0.3) is 0 Å². The fraction of sp³-hybridized carbons (Fsp3) is 0.625. The summed E-state index contributed by atoms with van der Waals surface area (Å²) in [5.74, 6) is 1.38. The maximum Gasteiger partial charge on any atom is 0.224 e. The van der Waals surface area contributed by atoms with E-state index in [4.69, 9.17) is 9.47 Å². The zero-order valence-electron chi connectivity index (χ0n) is 24.0. The molecule has 0 aliphatic heterocycles. The van der Waals surface area contributed by atoms with Crippen LogP contribution in [0.1, 0.15) is 109 Å². The van der Waals surface area contributed by atoms with Gasteiger partial charge < -0.3 is 14.4 Å². The molecule has 1 heterocycles. The molecule has 0 saturated carbocycles. The van der Waals surface area contributed by atoms with Crippen LogP contribution in [0.15, 0.2) is 42.7 Å². The first kappa shape index (κ1) is 30.7. The van der Waals surface area contributed by atoms with Gasteiger partial charge in [0.25, 0.3) is 0 Å². The van der Waals surface area contributed by atoms with Crippen LogP contribution in [-0.4, -0.2) is 19.6 Å². The summed E-state index contributed by atoms with van der Waals surface area (Å²) in [6, 6.07) is 9.76. The number of aryl methyl sites for hydroxylation is 1. The molecule has 0 spiro atoms. The molecule has 0 aliphatic carbocycles. The number of hydrogen-bond donors (Lipinski definition) is 0. The minimum atomic E-state index is -0.00960. The molecule has 2 aromatic rings. The van der Waals surface area contributed by atoms with Gasteiger partial charge in [-0.25, -0.2) is 4.57 Å². The molecule has 0 unspecified atom stereocenters. The summed E-state index contributed by atoms with van der Waals surface area (Å²) in [5, 5.41) is 0. The molecule has 5 nitrogen and oxygen atoms in total. The standard InChI is InChI=1S/C32H51N2O3/c1-5-6-7-8-9-10-11-12-13-14-15-16-17-18-24-37-31-22-21-30(25-32(31)36-4)34(28(2)35)27-29-20-19-23-33(3)26-29/h19-23,25-26H,5-18,24,27H2,1-4H3/q+1. The molecule has 0 bridgehead atoms.